The Morgan fingerprint density at radius 2 is 2.37 bits per heavy atom. The van der Waals surface area contributed by atoms with Crippen molar-refractivity contribution in [3.05, 3.63) is 46.5 Å². The molecule has 102 valence electrons. The van der Waals surface area contributed by atoms with E-state index in [0.29, 0.717) is 24.5 Å². The number of rotatable bonds is 6. The number of hydrogen-bond donors (Lipinski definition) is 2. The predicted molar refractivity (Wildman–Crippen MR) is 71.1 cm³/mol. The Balaban J connectivity index is 2.15. The molecule has 2 aromatic rings. The lowest BCUT2D eigenvalue weighted by atomic mass is 10.3. The average molecular weight is 263 g/mol. The van der Waals surface area contributed by atoms with Crippen molar-refractivity contribution in [3.63, 3.8) is 0 Å². The zero-order valence-electron chi connectivity index (χ0n) is 10.7. The van der Waals surface area contributed by atoms with Crippen molar-refractivity contribution < 1.29 is 9.84 Å². The summed E-state index contributed by atoms with van der Waals surface area (Å²) in [5, 5.41) is 12.2. The van der Waals surface area contributed by atoms with E-state index in [1.165, 1.54) is 10.5 Å². The smallest absolute Gasteiger partial charge is 0.258 e. The molecule has 2 aromatic heterocycles. The number of aliphatic hydroxyl groups excluding tert-OH is 1. The van der Waals surface area contributed by atoms with Crippen molar-refractivity contribution in [2.45, 2.75) is 12.6 Å². The van der Waals surface area contributed by atoms with Crippen LogP contribution in [0.15, 0.2) is 35.3 Å². The van der Waals surface area contributed by atoms with E-state index in [2.05, 4.69) is 10.3 Å². The van der Waals surface area contributed by atoms with Crippen LogP contribution in [0, 0.1) is 0 Å². The van der Waals surface area contributed by atoms with Crippen LogP contribution in [0.5, 0.6) is 0 Å². The monoisotopic (exact) mass is 263 g/mol. The number of nitrogens with zero attached hydrogens (tertiary/aromatic N) is 2. The maximum absolute atomic E-state index is 11.9. The van der Waals surface area contributed by atoms with Crippen LogP contribution in [-0.4, -0.2) is 40.9 Å². The number of fused-ring (bicyclic) bond motifs is 1. The SMILES string of the molecule is COCC(CO)NCc1cc(=O)n2ccccc2n1. The molecule has 1 unspecified atom stereocenters. The van der Waals surface area contributed by atoms with Gasteiger partial charge in [-0.15, -0.1) is 0 Å². The van der Waals surface area contributed by atoms with Gasteiger partial charge >= 0.3 is 0 Å². The Morgan fingerprint density at radius 1 is 1.53 bits per heavy atom. The normalized spacial score (nSPS) is 12.7. The van der Waals surface area contributed by atoms with Crippen molar-refractivity contribution in [1.82, 2.24) is 14.7 Å². The fraction of sp³-hybridized carbons (Fsp3) is 0.385. The highest BCUT2D eigenvalue weighted by Crippen LogP contribution is 1.99. The maximum atomic E-state index is 11.9. The average Bonchev–Trinajstić information content (AvgIpc) is 2.43. The second-order valence-electron chi connectivity index (χ2n) is 4.23. The van der Waals surface area contributed by atoms with E-state index in [0.717, 1.165) is 0 Å². The molecule has 19 heavy (non-hydrogen) atoms. The van der Waals surface area contributed by atoms with Crippen molar-refractivity contribution >= 4 is 5.65 Å². The predicted octanol–water partition coefficient (Wildman–Crippen LogP) is -0.209. The quantitative estimate of drug-likeness (QED) is 0.754. The fourth-order valence-corrected chi connectivity index (χ4v) is 1.82. The molecule has 0 aromatic carbocycles. The van der Waals surface area contributed by atoms with Gasteiger partial charge in [0.1, 0.15) is 5.65 Å². The Bertz CT molecular complexity index is 597. The molecule has 2 rings (SSSR count). The van der Waals surface area contributed by atoms with Crippen molar-refractivity contribution in [2.24, 2.45) is 0 Å². The van der Waals surface area contributed by atoms with Crippen LogP contribution in [0.4, 0.5) is 0 Å². The minimum atomic E-state index is -0.166. The molecule has 0 saturated heterocycles. The highest BCUT2D eigenvalue weighted by molar-refractivity contribution is 5.37. The summed E-state index contributed by atoms with van der Waals surface area (Å²) < 4.78 is 6.46. The van der Waals surface area contributed by atoms with Gasteiger partial charge in [-0.1, -0.05) is 6.07 Å². The lowest BCUT2D eigenvalue weighted by Crippen LogP contribution is -2.36. The minimum Gasteiger partial charge on any atom is -0.395 e. The maximum Gasteiger partial charge on any atom is 0.258 e. The van der Waals surface area contributed by atoms with Crippen LogP contribution in [0.25, 0.3) is 5.65 Å². The molecular weight excluding hydrogens is 246 g/mol. The van der Waals surface area contributed by atoms with E-state index in [-0.39, 0.29) is 18.2 Å². The van der Waals surface area contributed by atoms with Crippen molar-refractivity contribution in [1.29, 1.82) is 0 Å². The van der Waals surface area contributed by atoms with Gasteiger partial charge < -0.3 is 15.2 Å². The summed E-state index contributed by atoms with van der Waals surface area (Å²) in [5.41, 5.74) is 1.14. The van der Waals surface area contributed by atoms with E-state index in [4.69, 9.17) is 9.84 Å². The number of ether oxygens (including phenoxy) is 1. The van der Waals surface area contributed by atoms with Crippen LogP contribution in [0.3, 0.4) is 0 Å². The molecular formula is C13H17N3O3. The lowest BCUT2D eigenvalue weighted by Gasteiger charge is -2.14. The summed E-state index contributed by atoms with van der Waals surface area (Å²) in [7, 11) is 1.57. The van der Waals surface area contributed by atoms with E-state index in [1.54, 1.807) is 25.4 Å². The number of nitrogens with one attached hydrogen (secondary N) is 1. The van der Waals surface area contributed by atoms with Crippen LogP contribution < -0.4 is 10.9 Å². The van der Waals surface area contributed by atoms with E-state index < -0.39 is 0 Å². The molecule has 0 aliphatic rings. The first-order valence-corrected chi connectivity index (χ1v) is 6.05. The number of aromatic nitrogens is 2. The van der Waals surface area contributed by atoms with Crippen LogP contribution >= 0.6 is 0 Å². The summed E-state index contributed by atoms with van der Waals surface area (Å²) >= 11 is 0. The Hall–Kier alpha value is -1.76. The third-order valence-corrected chi connectivity index (χ3v) is 2.78. The number of methoxy groups -OCH3 is 1. The summed E-state index contributed by atoms with van der Waals surface area (Å²) in [5.74, 6) is 0. The molecule has 0 aliphatic heterocycles. The molecule has 0 fully saturated rings. The largest absolute Gasteiger partial charge is 0.395 e. The second-order valence-corrected chi connectivity index (χ2v) is 4.23. The van der Waals surface area contributed by atoms with Gasteiger partial charge in [0.05, 0.1) is 24.9 Å². The Labute approximate surface area is 110 Å². The lowest BCUT2D eigenvalue weighted by molar-refractivity contribution is 0.128. The second kappa shape index (κ2) is 6.42. The summed E-state index contributed by atoms with van der Waals surface area (Å²) in [6.45, 7) is 0.790. The third-order valence-electron chi connectivity index (χ3n) is 2.78. The highest BCUT2D eigenvalue weighted by atomic mass is 16.5. The topological polar surface area (TPSA) is 75.9 Å². The summed E-state index contributed by atoms with van der Waals surface area (Å²) in [4.78, 5) is 16.2. The first-order chi connectivity index (χ1) is 9.24. The standard InChI is InChI=1S/C13H17N3O3/c1-19-9-11(8-17)14-7-10-6-13(18)16-5-3-2-4-12(16)15-10/h2-6,11,14,17H,7-9H2,1H3. The van der Waals surface area contributed by atoms with E-state index in [9.17, 15) is 4.79 Å². The zero-order chi connectivity index (χ0) is 13.7. The Kier molecular flexibility index (Phi) is 4.62. The summed E-state index contributed by atoms with van der Waals surface area (Å²) in [6.07, 6.45) is 1.68. The molecule has 1 atom stereocenters. The molecule has 6 nitrogen and oxygen atoms in total. The molecule has 2 heterocycles. The number of aliphatic hydroxyl groups is 1. The van der Waals surface area contributed by atoms with Gasteiger partial charge in [0.2, 0.25) is 0 Å². The first-order valence-electron chi connectivity index (χ1n) is 6.05. The van der Waals surface area contributed by atoms with E-state index >= 15 is 0 Å². The van der Waals surface area contributed by atoms with Gasteiger partial charge in [0.15, 0.2) is 0 Å². The molecule has 2 N–H and O–H groups in total. The van der Waals surface area contributed by atoms with Crippen LogP contribution in [-0.2, 0) is 11.3 Å². The van der Waals surface area contributed by atoms with Gasteiger partial charge in [0.25, 0.3) is 5.56 Å². The molecule has 6 heteroatoms. The van der Waals surface area contributed by atoms with Crippen molar-refractivity contribution in [3.8, 4) is 0 Å². The molecule has 0 radical (unpaired) electrons. The van der Waals surface area contributed by atoms with Crippen LogP contribution in [0.2, 0.25) is 0 Å². The van der Waals surface area contributed by atoms with E-state index in [1.807, 2.05) is 6.07 Å². The molecule has 0 aliphatic carbocycles. The van der Waals surface area contributed by atoms with Gasteiger partial charge in [-0.3, -0.25) is 9.20 Å². The van der Waals surface area contributed by atoms with Gasteiger partial charge in [-0.25, -0.2) is 4.98 Å². The fourth-order valence-electron chi connectivity index (χ4n) is 1.82. The third kappa shape index (κ3) is 3.37. The first kappa shape index (κ1) is 13.7. The molecule has 0 bridgehead atoms. The number of pyridine rings is 1. The van der Waals surface area contributed by atoms with Gasteiger partial charge in [0, 0.05) is 25.9 Å². The Morgan fingerprint density at radius 3 is 3.11 bits per heavy atom. The molecule has 0 saturated carbocycles. The highest BCUT2D eigenvalue weighted by Gasteiger charge is 2.07. The van der Waals surface area contributed by atoms with Gasteiger partial charge in [-0.05, 0) is 12.1 Å². The molecule has 0 amide bonds. The van der Waals surface area contributed by atoms with Gasteiger partial charge in [-0.2, -0.15) is 0 Å². The minimum absolute atomic E-state index is 0.0274. The van der Waals surface area contributed by atoms with Crippen LogP contribution in [0.1, 0.15) is 5.69 Å². The zero-order valence-corrected chi connectivity index (χ0v) is 10.7. The van der Waals surface area contributed by atoms with Crippen molar-refractivity contribution in [2.75, 3.05) is 20.3 Å². The summed E-state index contributed by atoms with van der Waals surface area (Å²) in [6, 6.07) is 6.72. The number of hydrogen-bond acceptors (Lipinski definition) is 5. The molecule has 0 spiro atoms.